The van der Waals surface area contributed by atoms with Crippen LogP contribution in [-0.4, -0.2) is 54.0 Å². The van der Waals surface area contributed by atoms with Crippen molar-refractivity contribution >= 4 is 5.91 Å². The highest BCUT2D eigenvalue weighted by atomic mass is 16.5. The van der Waals surface area contributed by atoms with E-state index in [0.29, 0.717) is 40.7 Å². The molecule has 8 nitrogen and oxygen atoms in total. The number of phenolic OH excluding ortho intramolecular Hbond substituents is 1. The van der Waals surface area contributed by atoms with Crippen LogP contribution in [0.1, 0.15) is 46.6 Å². The second-order valence-corrected chi connectivity index (χ2v) is 7.74. The van der Waals surface area contributed by atoms with Crippen molar-refractivity contribution in [2.75, 3.05) is 27.9 Å². The molecule has 0 spiro atoms. The molecule has 4 rings (SSSR count). The monoisotopic (exact) mass is 437 g/mol. The van der Waals surface area contributed by atoms with Gasteiger partial charge in [-0.05, 0) is 43.2 Å². The summed E-state index contributed by atoms with van der Waals surface area (Å²) in [6.07, 6.45) is 0.787. The van der Waals surface area contributed by atoms with Crippen molar-refractivity contribution in [2.45, 2.75) is 26.3 Å². The van der Waals surface area contributed by atoms with Crippen molar-refractivity contribution in [3.05, 3.63) is 52.7 Å². The van der Waals surface area contributed by atoms with Gasteiger partial charge in [0.2, 0.25) is 5.75 Å². The lowest BCUT2D eigenvalue weighted by Crippen LogP contribution is -2.30. The fourth-order valence-electron chi connectivity index (χ4n) is 4.32. The van der Waals surface area contributed by atoms with Crippen LogP contribution in [-0.2, 0) is 0 Å². The molecule has 1 aliphatic heterocycles. The molecule has 0 bridgehead atoms. The Morgan fingerprint density at radius 1 is 1.09 bits per heavy atom. The molecule has 168 valence electrons. The Balaban J connectivity index is 1.96. The maximum absolute atomic E-state index is 13.3. The van der Waals surface area contributed by atoms with E-state index in [1.165, 1.54) is 0 Å². The number of amides is 1. The highest BCUT2D eigenvalue weighted by molar-refractivity contribution is 6.00. The van der Waals surface area contributed by atoms with Gasteiger partial charge < -0.3 is 24.2 Å². The number of phenols is 1. The van der Waals surface area contributed by atoms with Gasteiger partial charge in [-0.2, -0.15) is 5.10 Å². The standard InChI is InChI=1S/C24H27N3O5/c1-6-9-27-22(14-11-17(30-3)23(32-5)18(12-14)31-4)19-20(25-26-21(19)24(27)29)15-10-13(2)7-8-16(15)28/h7-8,10-12,22,28H,6,9H2,1-5H3,(H,25,26). The summed E-state index contributed by atoms with van der Waals surface area (Å²) >= 11 is 0. The van der Waals surface area contributed by atoms with E-state index in [9.17, 15) is 9.90 Å². The van der Waals surface area contributed by atoms with Crippen LogP contribution in [0.25, 0.3) is 11.3 Å². The number of methoxy groups -OCH3 is 3. The average Bonchev–Trinajstić information content (AvgIpc) is 3.34. The number of carbonyl (C=O) groups is 1. The van der Waals surface area contributed by atoms with Crippen molar-refractivity contribution in [1.29, 1.82) is 0 Å². The molecule has 1 unspecified atom stereocenters. The first-order valence-electron chi connectivity index (χ1n) is 10.4. The lowest BCUT2D eigenvalue weighted by molar-refractivity contribution is 0.0743. The van der Waals surface area contributed by atoms with Gasteiger partial charge in [0.15, 0.2) is 11.5 Å². The van der Waals surface area contributed by atoms with Crippen molar-refractivity contribution in [3.63, 3.8) is 0 Å². The summed E-state index contributed by atoms with van der Waals surface area (Å²) < 4.78 is 16.6. The molecular weight excluding hydrogens is 410 g/mol. The predicted molar refractivity (Wildman–Crippen MR) is 120 cm³/mol. The fraction of sp³-hybridized carbons (Fsp3) is 0.333. The zero-order valence-corrected chi connectivity index (χ0v) is 18.9. The van der Waals surface area contributed by atoms with Crippen LogP contribution in [0.15, 0.2) is 30.3 Å². The molecule has 8 heteroatoms. The predicted octanol–water partition coefficient (Wildman–Crippen LogP) is 4.07. The molecule has 2 N–H and O–H groups in total. The number of aromatic nitrogens is 2. The van der Waals surface area contributed by atoms with Gasteiger partial charge in [0.05, 0.1) is 27.4 Å². The minimum atomic E-state index is -0.431. The van der Waals surface area contributed by atoms with Gasteiger partial charge >= 0.3 is 0 Å². The molecule has 0 aliphatic carbocycles. The number of rotatable bonds is 7. The number of benzene rings is 2. The van der Waals surface area contributed by atoms with E-state index in [1.54, 1.807) is 32.3 Å². The zero-order valence-electron chi connectivity index (χ0n) is 18.9. The van der Waals surface area contributed by atoms with Crippen LogP contribution >= 0.6 is 0 Å². The number of nitrogens with zero attached hydrogens (tertiary/aromatic N) is 2. The summed E-state index contributed by atoms with van der Waals surface area (Å²) in [6, 6.07) is 8.61. The number of aryl methyl sites for hydroxylation is 1. The van der Waals surface area contributed by atoms with E-state index in [2.05, 4.69) is 10.2 Å². The molecule has 1 amide bonds. The van der Waals surface area contributed by atoms with Gasteiger partial charge in [-0.1, -0.05) is 18.6 Å². The van der Waals surface area contributed by atoms with Gasteiger partial charge in [-0.3, -0.25) is 9.89 Å². The smallest absolute Gasteiger partial charge is 0.273 e. The van der Waals surface area contributed by atoms with Gasteiger partial charge in [-0.15, -0.1) is 0 Å². The van der Waals surface area contributed by atoms with Gasteiger partial charge in [-0.25, -0.2) is 0 Å². The summed E-state index contributed by atoms with van der Waals surface area (Å²) in [6.45, 7) is 4.53. The van der Waals surface area contributed by atoms with Crippen LogP contribution in [0, 0.1) is 6.92 Å². The number of aromatic amines is 1. The number of H-pyrrole nitrogens is 1. The van der Waals surface area contributed by atoms with Gasteiger partial charge in [0.1, 0.15) is 17.1 Å². The molecular formula is C24H27N3O5. The first-order valence-corrected chi connectivity index (χ1v) is 10.4. The Morgan fingerprint density at radius 2 is 1.78 bits per heavy atom. The Labute approximate surface area is 186 Å². The quantitative estimate of drug-likeness (QED) is 0.578. The topological polar surface area (TPSA) is 96.9 Å². The molecule has 3 aromatic rings. The fourth-order valence-corrected chi connectivity index (χ4v) is 4.32. The highest BCUT2D eigenvalue weighted by Crippen LogP contribution is 2.48. The third kappa shape index (κ3) is 3.32. The summed E-state index contributed by atoms with van der Waals surface area (Å²) in [4.78, 5) is 15.1. The summed E-state index contributed by atoms with van der Waals surface area (Å²) in [5, 5.41) is 17.9. The Bertz CT molecular complexity index is 1150. The van der Waals surface area contributed by atoms with Crippen molar-refractivity contribution in [1.82, 2.24) is 15.1 Å². The summed E-state index contributed by atoms with van der Waals surface area (Å²) in [7, 11) is 4.67. The SMILES string of the molecule is CCCN1C(=O)c2[nH]nc(-c3cc(C)ccc3O)c2C1c1cc(OC)c(OC)c(OC)c1. The lowest BCUT2D eigenvalue weighted by atomic mass is 9.94. The molecule has 1 aromatic heterocycles. The highest BCUT2D eigenvalue weighted by Gasteiger charge is 2.42. The molecule has 0 fully saturated rings. The number of hydrogen-bond acceptors (Lipinski definition) is 6. The maximum atomic E-state index is 13.3. The van der Waals surface area contributed by atoms with Crippen molar-refractivity contribution in [3.8, 4) is 34.3 Å². The molecule has 0 saturated heterocycles. The second kappa shape index (κ2) is 8.45. The lowest BCUT2D eigenvalue weighted by Gasteiger charge is -2.27. The Hall–Kier alpha value is -3.68. The molecule has 2 heterocycles. The third-order valence-electron chi connectivity index (χ3n) is 5.74. The number of fused-ring (bicyclic) bond motifs is 1. The third-order valence-corrected chi connectivity index (χ3v) is 5.74. The average molecular weight is 437 g/mol. The molecule has 1 aliphatic rings. The van der Waals surface area contributed by atoms with E-state index in [-0.39, 0.29) is 11.7 Å². The van der Waals surface area contributed by atoms with Crippen molar-refractivity contribution in [2.24, 2.45) is 0 Å². The second-order valence-electron chi connectivity index (χ2n) is 7.74. The molecule has 2 aromatic carbocycles. The van der Waals surface area contributed by atoms with E-state index < -0.39 is 6.04 Å². The Kier molecular flexibility index (Phi) is 5.69. The van der Waals surface area contributed by atoms with E-state index in [1.807, 2.05) is 38.1 Å². The largest absolute Gasteiger partial charge is 0.507 e. The number of nitrogens with one attached hydrogen (secondary N) is 1. The van der Waals surface area contributed by atoms with Crippen LogP contribution in [0.2, 0.25) is 0 Å². The van der Waals surface area contributed by atoms with Crippen LogP contribution in [0.5, 0.6) is 23.0 Å². The van der Waals surface area contributed by atoms with Gasteiger partial charge in [0, 0.05) is 17.7 Å². The van der Waals surface area contributed by atoms with Crippen LogP contribution in [0.4, 0.5) is 0 Å². The molecule has 1 atom stereocenters. The van der Waals surface area contributed by atoms with E-state index in [0.717, 1.165) is 23.1 Å². The number of aromatic hydroxyl groups is 1. The number of hydrogen-bond donors (Lipinski definition) is 2. The zero-order chi connectivity index (χ0) is 23.0. The van der Waals surface area contributed by atoms with Gasteiger partial charge in [0.25, 0.3) is 5.91 Å². The number of carbonyl (C=O) groups excluding carboxylic acids is 1. The minimum Gasteiger partial charge on any atom is -0.507 e. The molecule has 0 radical (unpaired) electrons. The molecule has 0 saturated carbocycles. The molecule has 32 heavy (non-hydrogen) atoms. The van der Waals surface area contributed by atoms with E-state index in [4.69, 9.17) is 14.2 Å². The number of ether oxygens (including phenoxy) is 3. The van der Waals surface area contributed by atoms with Crippen LogP contribution in [0.3, 0.4) is 0 Å². The summed E-state index contributed by atoms with van der Waals surface area (Å²) in [5.74, 6) is 1.46. The normalized spacial score (nSPS) is 15.1. The summed E-state index contributed by atoms with van der Waals surface area (Å²) in [5.41, 5.74) is 4.05. The van der Waals surface area contributed by atoms with Crippen LogP contribution < -0.4 is 14.2 Å². The maximum Gasteiger partial charge on any atom is 0.273 e. The van der Waals surface area contributed by atoms with E-state index >= 15 is 0 Å². The van der Waals surface area contributed by atoms with Crippen molar-refractivity contribution < 1.29 is 24.1 Å². The first kappa shape index (κ1) is 21.5. The minimum absolute atomic E-state index is 0.106. The Morgan fingerprint density at radius 3 is 2.38 bits per heavy atom. The first-order chi connectivity index (χ1) is 15.4.